The molecule has 1 atom stereocenters. The predicted molar refractivity (Wildman–Crippen MR) is 51.1 cm³/mol. The van der Waals surface area contributed by atoms with Crippen LogP contribution in [0, 0.1) is 0 Å². The molecule has 0 bridgehead atoms. The van der Waals surface area contributed by atoms with E-state index in [1.807, 2.05) is 6.92 Å². The maximum absolute atomic E-state index is 10.8. The third-order valence-electron chi connectivity index (χ3n) is 1.87. The van der Waals surface area contributed by atoms with Crippen LogP contribution in [0.15, 0.2) is 0 Å². The van der Waals surface area contributed by atoms with Crippen LogP contribution >= 0.6 is 0 Å². The van der Waals surface area contributed by atoms with Crippen molar-refractivity contribution < 1.29 is 19.4 Å². The van der Waals surface area contributed by atoms with Gasteiger partial charge in [-0.25, -0.2) is 9.59 Å². The van der Waals surface area contributed by atoms with E-state index in [1.165, 1.54) is 7.11 Å². The zero-order chi connectivity index (χ0) is 11.0. The van der Waals surface area contributed by atoms with Crippen molar-refractivity contribution in [1.29, 1.82) is 0 Å². The van der Waals surface area contributed by atoms with E-state index in [2.05, 4.69) is 10.1 Å². The largest absolute Gasteiger partial charge is 0.480 e. The number of methoxy groups -OCH3 is 1. The normalized spacial score (nSPS) is 11.9. The lowest BCUT2D eigenvalue weighted by Crippen LogP contribution is -2.40. The highest BCUT2D eigenvalue weighted by Crippen LogP contribution is 2.03. The Balaban J connectivity index is 3.90. The van der Waals surface area contributed by atoms with Gasteiger partial charge in [-0.1, -0.05) is 26.2 Å². The number of nitrogens with one attached hydrogen (secondary N) is 1. The molecule has 0 aliphatic rings. The van der Waals surface area contributed by atoms with Crippen LogP contribution in [0.4, 0.5) is 4.79 Å². The SMILES string of the molecule is CCCCCC(NC(=O)OC)C(=O)O. The number of amides is 1. The zero-order valence-corrected chi connectivity index (χ0v) is 8.58. The molecule has 0 fully saturated rings. The summed E-state index contributed by atoms with van der Waals surface area (Å²) in [6, 6.07) is -0.839. The molecule has 5 heteroatoms. The Hall–Kier alpha value is -1.26. The molecule has 0 rings (SSSR count). The molecule has 0 aliphatic heterocycles. The summed E-state index contributed by atoms with van der Waals surface area (Å²) >= 11 is 0. The number of unbranched alkanes of at least 4 members (excludes halogenated alkanes) is 2. The molecular weight excluding hydrogens is 186 g/mol. The fraction of sp³-hybridized carbons (Fsp3) is 0.778. The molecule has 82 valence electrons. The molecule has 0 saturated carbocycles. The average molecular weight is 203 g/mol. The quantitative estimate of drug-likeness (QED) is 0.639. The smallest absolute Gasteiger partial charge is 0.407 e. The highest BCUT2D eigenvalue weighted by molar-refractivity contribution is 5.79. The van der Waals surface area contributed by atoms with Gasteiger partial charge in [-0.05, 0) is 6.42 Å². The van der Waals surface area contributed by atoms with E-state index in [4.69, 9.17) is 5.11 Å². The number of carboxylic acids is 1. The Morgan fingerprint density at radius 1 is 1.43 bits per heavy atom. The Kier molecular flexibility index (Phi) is 6.53. The highest BCUT2D eigenvalue weighted by Gasteiger charge is 2.19. The van der Waals surface area contributed by atoms with Crippen LogP contribution in [0.3, 0.4) is 0 Å². The van der Waals surface area contributed by atoms with Crippen molar-refractivity contribution in [1.82, 2.24) is 5.32 Å². The van der Waals surface area contributed by atoms with Crippen molar-refractivity contribution in [2.24, 2.45) is 0 Å². The first-order valence-corrected chi connectivity index (χ1v) is 4.69. The molecule has 0 aliphatic carbocycles. The van der Waals surface area contributed by atoms with Crippen molar-refractivity contribution in [3.63, 3.8) is 0 Å². The van der Waals surface area contributed by atoms with Crippen LogP contribution in [0.25, 0.3) is 0 Å². The Bertz CT molecular complexity index is 193. The summed E-state index contributed by atoms with van der Waals surface area (Å²) in [5.41, 5.74) is 0. The van der Waals surface area contributed by atoms with Gasteiger partial charge in [0.05, 0.1) is 7.11 Å². The number of carbonyl (C=O) groups excluding carboxylic acids is 1. The van der Waals surface area contributed by atoms with E-state index in [-0.39, 0.29) is 0 Å². The molecule has 1 unspecified atom stereocenters. The summed E-state index contributed by atoms with van der Waals surface area (Å²) in [4.78, 5) is 21.4. The van der Waals surface area contributed by atoms with Gasteiger partial charge in [0, 0.05) is 0 Å². The van der Waals surface area contributed by atoms with E-state index >= 15 is 0 Å². The van der Waals surface area contributed by atoms with Gasteiger partial charge < -0.3 is 15.2 Å². The summed E-state index contributed by atoms with van der Waals surface area (Å²) in [5.74, 6) is -1.02. The summed E-state index contributed by atoms with van der Waals surface area (Å²) in [6.07, 6.45) is 2.52. The van der Waals surface area contributed by atoms with Gasteiger partial charge in [0.25, 0.3) is 0 Å². The summed E-state index contributed by atoms with van der Waals surface area (Å²) in [7, 11) is 1.21. The van der Waals surface area contributed by atoms with E-state index in [0.29, 0.717) is 6.42 Å². The minimum Gasteiger partial charge on any atom is -0.480 e. The van der Waals surface area contributed by atoms with Gasteiger partial charge in [0.1, 0.15) is 6.04 Å². The maximum Gasteiger partial charge on any atom is 0.407 e. The highest BCUT2D eigenvalue weighted by atomic mass is 16.5. The zero-order valence-electron chi connectivity index (χ0n) is 8.58. The first kappa shape index (κ1) is 12.7. The average Bonchev–Trinajstić information content (AvgIpc) is 2.16. The fourth-order valence-electron chi connectivity index (χ4n) is 1.06. The Morgan fingerprint density at radius 3 is 2.50 bits per heavy atom. The van der Waals surface area contributed by atoms with E-state index < -0.39 is 18.1 Å². The first-order chi connectivity index (χ1) is 6.61. The van der Waals surface area contributed by atoms with Gasteiger partial charge in [-0.15, -0.1) is 0 Å². The number of hydrogen-bond donors (Lipinski definition) is 2. The molecule has 0 radical (unpaired) electrons. The van der Waals surface area contributed by atoms with Crippen molar-refractivity contribution in [3.05, 3.63) is 0 Å². The van der Waals surface area contributed by atoms with Gasteiger partial charge in [-0.3, -0.25) is 0 Å². The van der Waals surface area contributed by atoms with Crippen LogP contribution in [-0.4, -0.2) is 30.3 Å². The molecule has 0 spiro atoms. The molecule has 0 aromatic rings. The van der Waals surface area contributed by atoms with E-state index in [1.54, 1.807) is 0 Å². The third-order valence-corrected chi connectivity index (χ3v) is 1.87. The van der Waals surface area contributed by atoms with Crippen LogP contribution in [-0.2, 0) is 9.53 Å². The van der Waals surface area contributed by atoms with E-state index in [9.17, 15) is 9.59 Å². The summed E-state index contributed by atoms with van der Waals surface area (Å²) in [5, 5.41) is 11.0. The van der Waals surface area contributed by atoms with Crippen molar-refractivity contribution in [2.75, 3.05) is 7.11 Å². The Labute approximate surface area is 83.4 Å². The topological polar surface area (TPSA) is 75.6 Å². The number of ether oxygens (including phenoxy) is 1. The van der Waals surface area contributed by atoms with Crippen LogP contribution < -0.4 is 5.32 Å². The van der Waals surface area contributed by atoms with E-state index in [0.717, 1.165) is 19.3 Å². The van der Waals surface area contributed by atoms with Gasteiger partial charge in [0.2, 0.25) is 0 Å². The molecule has 0 heterocycles. The first-order valence-electron chi connectivity index (χ1n) is 4.69. The van der Waals surface area contributed by atoms with Gasteiger partial charge in [-0.2, -0.15) is 0 Å². The maximum atomic E-state index is 10.8. The number of carbonyl (C=O) groups is 2. The molecular formula is C9H17NO4. The van der Waals surface area contributed by atoms with Crippen molar-refractivity contribution >= 4 is 12.1 Å². The summed E-state index contributed by atoms with van der Waals surface area (Å²) < 4.78 is 4.32. The monoisotopic (exact) mass is 203 g/mol. The number of carboxylic acid groups (broad SMARTS) is 1. The lowest BCUT2D eigenvalue weighted by Gasteiger charge is -2.12. The second-order valence-electron chi connectivity index (χ2n) is 3.02. The summed E-state index contributed by atoms with van der Waals surface area (Å²) in [6.45, 7) is 2.03. The predicted octanol–water partition coefficient (Wildman–Crippen LogP) is 1.38. The molecule has 2 N–H and O–H groups in total. The molecule has 5 nitrogen and oxygen atoms in total. The van der Waals surface area contributed by atoms with Gasteiger partial charge in [0.15, 0.2) is 0 Å². The fourth-order valence-corrected chi connectivity index (χ4v) is 1.06. The van der Waals surface area contributed by atoms with Crippen molar-refractivity contribution in [2.45, 2.75) is 38.6 Å². The molecule has 1 amide bonds. The van der Waals surface area contributed by atoms with Crippen LogP contribution in [0.1, 0.15) is 32.6 Å². The molecule has 0 aromatic heterocycles. The Morgan fingerprint density at radius 2 is 2.07 bits per heavy atom. The second-order valence-corrected chi connectivity index (χ2v) is 3.02. The molecule has 0 aromatic carbocycles. The molecule has 0 saturated heterocycles. The second kappa shape index (κ2) is 7.17. The lowest BCUT2D eigenvalue weighted by molar-refractivity contribution is -0.139. The van der Waals surface area contributed by atoms with Crippen LogP contribution in [0.5, 0.6) is 0 Å². The minimum absolute atomic E-state index is 0.443. The van der Waals surface area contributed by atoms with Crippen LogP contribution in [0.2, 0.25) is 0 Å². The number of rotatable bonds is 6. The standard InChI is InChI=1S/C9H17NO4/c1-3-4-5-6-7(8(11)12)10-9(13)14-2/h7H,3-6H2,1-2H3,(H,10,13)(H,11,12). The number of hydrogen-bond acceptors (Lipinski definition) is 3. The lowest BCUT2D eigenvalue weighted by atomic mass is 10.1. The third kappa shape index (κ3) is 5.40. The minimum atomic E-state index is -1.02. The number of aliphatic carboxylic acids is 1. The van der Waals surface area contributed by atoms with Crippen molar-refractivity contribution in [3.8, 4) is 0 Å². The number of alkyl carbamates (subject to hydrolysis) is 1. The van der Waals surface area contributed by atoms with Gasteiger partial charge >= 0.3 is 12.1 Å². The molecule has 14 heavy (non-hydrogen) atoms.